The molecule has 0 unspecified atom stereocenters. The van der Waals surface area contributed by atoms with Crippen LogP contribution in [0.4, 0.5) is 0 Å². The first kappa shape index (κ1) is 96.2. The minimum atomic E-state index is -0.0890. The molecule has 0 spiro atoms. The molecule has 0 amide bonds. The Labute approximate surface area is 836 Å². The van der Waals surface area contributed by atoms with Crippen LogP contribution in [0.25, 0.3) is 167 Å². The Bertz CT molecular complexity index is 7750. The third-order valence-electron chi connectivity index (χ3n) is 26.4. The molecule has 0 N–H and O–H groups in total. The van der Waals surface area contributed by atoms with Crippen LogP contribution in [0.3, 0.4) is 0 Å². The minimum absolute atomic E-state index is 0.0377. The van der Waals surface area contributed by atoms with Gasteiger partial charge in [0.25, 0.3) is 0 Å². The van der Waals surface area contributed by atoms with Crippen LogP contribution in [0.1, 0.15) is 158 Å². The summed E-state index contributed by atoms with van der Waals surface area (Å²) in [5, 5.41) is 10.1. The van der Waals surface area contributed by atoms with Gasteiger partial charge in [0, 0.05) is 94.9 Å². The average Bonchev–Trinajstić information content (AvgIpc) is 1.58. The van der Waals surface area contributed by atoms with Gasteiger partial charge in [-0.15, -0.1) is 0 Å². The summed E-state index contributed by atoms with van der Waals surface area (Å²) in [6, 6.07) is 147. The Hall–Kier alpha value is -16.0. The summed E-state index contributed by atoms with van der Waals surface area (Å²) in [4.78, 5) is 28.5. The molecule has 0 saturated carbocycles. The highest BCUT2D eigenvalue weighted by molar-refractivity contribution is 6.12. The van der Waals surface area contributed by atoms with Gasteiger partial charge in [-0.2, -0.15) is 0 Å². The number of hydrogen-bond acceptors (Lipinski definition) is 6. The Morgan fingerprint density at radius 2 is 0.472 bits per heavy atom. The monoisotopic (exact) mass is 1850 g/mol. The summed E-state index contributed by atoms with van der Waals surface area (Å²) in [5.41, 5.74) is 28.9. The van der Waals surface area contributed by atoms with E-state index in [4.69, 9.17) is 24.9 Å². The maximum Gasteiger partial charge on any atom is 0.140 e. The molecule has 0 aliphatic rings. The Morgan fingerprint density at radius 1 is 0.190 bits per heavy atom. The second-order valence-electron chi connectivity index (χ2n) is 42.8. The van der Waals surface area contributed by atoms with Crippen LogP contribution >= 0.6 is 0 Å². The van der Waals surface area contributed by atoms with Gasteiger partial charge in [-0.25, -0.2) is 24.9 Å². The molecule has 23 rings (SSSR count). The Kier molecular flexibility index (Phi) is 27.4. The molecule has 0 aliphatic heterocycles. The lowest BCUT2D eigenvalue weighted by Crippen LogP contribution is -2.16. The summed E-state index contributed by atoms with van der Waals surface area (Å²) < 4.78 is 9.30. The van der Waals surface area contributed by atoms with E-state index in [-0.39, 0.29) is 32.5 Å². The lowest BCUT2D eigenvalue weighted by molar-refractivity contribution is 0.547. The van der Waals surface area contributed by atoms with E-state index in [1.54, 1.807) is 0 Å². The van der Waals surface area contributed by atoms with Crippen molar-refractivity contribution in [1.29, 1.82) is 0 Å². The molecule has 0 saturated heterocycles. The summed E-state index contributed by atoms with van der Waals surface area (Å²) in [5.74, 6) is 3.72. The van der Waals surface area contributed by atoms with Crippen LogP contribution in [0.5, 0.6) is 0 Å². The normalized spacial score (nSPS) is 11.9. The Balaban J connectivity index is 0.000000116. The van der Waals surface area contributed by atoms with Crippen molar-refractivity contribution in [2.75, 3.05) is 0 Å². The first-order chi connectivity index (χ1) is 68.3. The van der Waals surface area contributed by atoms with Crippen molar-refractivity contribution in [3.63, 3.8) is 0 Å². The number of fused-ring (bicyclic) bond motifs is 12. The lowest BCUT2D eigenvalue weighted by Gasteiger charge is -2.24. The molecule has 0 fully saturated rings. The van der Waals surface area contributed by atoms with Crippen molar-refractivity contribution in [2.24, 2.45) is 0 Å². The maximum absolute atomic E-state index is 5.36. The van der Waals surface area contributed by atoms with Gasteiger partial charge in [0.05, 0.1) is 72.6 Å². The second kappa shape index (κ2) is 40.4. The largest absolute Gasteiger partial charge is 0.309 e. The quantitative estimate of drug-likeness (QED) is 0.143. The molecule has 0 radical (unpaired) electrons. The number of nitrogens with zero attached hydrogens (tertiary/aromatic N) is 10. The lowest BCUT2D eigenvalue weighted by atomic mass is 9.81. The van der Waals surface area contributed by atoms with E-state index in [2.05, 4.69) is 518 Å². The van der Waals surface area contributed by atoms with Crippen LogP contribution in [-0.2, 0) is 32.5 Å². The highest BCUT2D eigenvalue weighted by Gasteiger charge is 2.28. The van der Waals surface area contributed by atoms with Crippen LogP contribution in [-0.4, -0.2) is 48.2 Å². The van der Waals surface area contributed by atoms with Gasteiger partial charge >= 0.3 is 0 Å². The van der Waals surface area contributed by atoms with Gasteiger partial charge in [0.15, 0.2) is 0 Å². The van der Waals surface area contributed by atoms with Crippen LogP contribution in [0.15, 0.2) is 437 Å². The summed E-state index contributed by atoms with van der Waals surface area (Å²) in [6.07, 6.45) is 5.67. The molecule has 0 bridgehead atoms. The van der Waals surface area contributed by atoms with E-state index in [9.17, 15) is 0 Å². The topological polar surface area (TPSA) is 97.1 Å². The van der Waals surface area contributed by atoms with Crippen LogP contribution < -0.4 is 0 Å². The predicted octanol–water partition coefficient (Wildman–Crippen LogP) is 35.0. The molecule has 9 aromatic heterocycles. The minimum Gasteiger partial charge on any atom is -0.309 e. The van der Waals surface area contributed by atoms with Gasteiger partial charge in [-0.3, -0.25) is 18.7 Å². The van der Waals surface area contributed by atoms with Gasteiger partial charge in [-0.1, -0.05) is 440 Å². The number of hydrogen-bond donors (Lipinski definition) is 0. The van der Waals surface area contributed by atoms with Gasteiger partial charge in [0.1, 0.15) is 23.3 Å². The van der Waals surface area contributed by atoms with Crippen LogP contribution in [0, 0.1) is 0 Å². The predicted molar refractivity (Wildman–Crippen MR) is 602 cm³/mol. The molecule has 23 aromatic rings. The SMILES string of the molecule is CC(C)(C)c1cc(-c2ccccc2)nc(-c2ccccc2)c1.CC(C)(C)c1cc(-n2c3ccccc3c3ccccc32)nc(-n2c3ccccc3c3ccccc32)c1.CC(C)(C)c1ccc(-n2c3ccccc3c3ccccc32)nc1.CC(C)(C)c1ccccc1-c1ccccc1-n1c2ccccc2c2ccccc21.CC(C)(C)c1ccncc1.CC(C)(C)c1nc(-c2ccccc2)cc(-c2ccccc2)n1. The van der Waals surface area contributed by atoms with Crippen molar-refractivity contribution in [3.8, 4) is 79.3 Å². The molecule has 9 heterocycles. The van der Waals surface area contributed by atoms with E-state index in [1.807, 2.05) is 67.1 Å². The van der Waals surface area contributed by atoms with Crippen molar-refractivity contribution < 1.29 is 0 Å². The number of aromatic nitrogens is 10. The van der Waals surface area contributed by atoms with Gasteiger partial charge < -0.3 is 4.57 Å². The summed E-state index contributed by atoms with van der Waals surface area (Å²) >= 11 is 0. The molecular weight excluding hydrogens is 1730 g/mol. The Morgan fingerprint density at radius 3 is 0.782 bits per heavy atom. The van der Waals surface area contributed by atoms with Crippen molar-refractivity contribution >= 4 is 87.2 Å². The third kappa shape index (κ3) is 20.8. The standard InChI is InChI=1S/C33H27N3.C28H25N.C21H20N2.C21H21N.C20H20N2.C9H13N/c1-33(2,3)22-20-31(35-27-16-8-4-12-23(27)24-13-5-9-17-28(24)35)34-32(21-22)36-29-18-10-6-14-25(29)26-15-7-11-19-30(26)36;1-28(2,3)24-16-8-4-12-20(24)21-13-5-9-17-25(21)29-26-18-10-6-14-22(26)23-15-7-11-19-27(23)29;1-21(2,3)15-12-13-20(22-14-15)23-18-10-6-4-8-16(18)17-9-5-7-11-19(17)23;1-21(2,3)18-14-19(16-10-6-4-7-11-16)22-20(15-18)17-12-8-5-9-13-17;1-20(2,3)19-21-17(15-10-6-4-7-11-15)14-18(22-19)16-12-8-5-9-13-16;1-9(2,3)8-4-6-10-7-5-8/h4-21H,1-3H3;4-19H,1-3H3;4-14H,1-3H3;4-15H,1-3H3;4-14H,1-3H3;4-7H,1-3H3. The van der Waals surface area contributed by atoms with Gasteiger partial charge in [-0.05, 0) is 164 Å². The van der Waals surface area contributed by atoms with Gasteiger partial charge in [0.2, 0.25) is 0 Å². The maximum atomic E-state index is 5.36. The van der Waals surface area contributed by atoms with E-state index in [1.165, 1.54) is 132 Å². The third-order valence-corrected chi connectivity index (χ3v) is 26.4. The molecule has 10 nitrogen and oxygen atoms in total. The molecule has 0 aliphatic carbocycles. The fourth-order valence-corrected chi connectivity index (χ4v) is 18.7. The molecule has 0 atom stereocenters. The number of para-hydroxylation sites is 9. The number of pyridine rings is 4. The highest BCUT2D eigenvalue weighted by atomic mass is 15.1. The first-order valence-electron chi connectivity index (χ1n) is 49.5. The summed E-state index contributed by atoms with van der Waals surface area (Å²) in [7, 11) is 0. The van der Waals surface area contributed by atoms with Crippen molar-refractivity contribution in [3.05, 3.63) is 471 Å². The van der Waals surface area contributed by atoms with Crippen LogP contribution in [0.2, 0.25) is 0 Å². The summed E-state index contributed by atoms with van der Waals surface area (Å²) in [6.45, 7) is 40.1. The number of rotatable bonds is 9. The smallest absolute Gasteiger partial charge is 0.140 e. The first-order valence-corrected chi connectivity index (χ1v) is 49.5. The fraction of sp³-hybridized carbons (Fsp3) is 0.182. The zero-order chi connectivity index (χ0) is 99.2. The average molecular weight is 1850 g/mol. The van der Waals surface area contributed by atoms with Crippen molar-refractivity contribution in [1.82, 2.24) is 48.2 Å². The van der Waals surface area contributed by atoms with E-state index in [0.717, 1.165) is 68.3 Å². The number of benzene rings is 14. The second-order valence-corrected chi connectivity index (χ2v) is 42.8. The van der Waals surface area contributed by atoms with E-state index >= 15 is 0 Å². The van der Waals surface area contributed by atoms with E-state index in [0.29, 0.717) is 0 Å². The molecule has 704 valence electrons. The van der Waals surface area contributed by atoms with Crippen molar-refractivity contribution in [2.45, 2.75) is 157 Å². The zero-order valence-electron chi connectivity index (χ0n) is 85.0. The fourth-order valence-electron chi connectivity index (χ4n) is 18.7. The zero-order valence-corrected chi connectivity index (χ0v) is 85.0. The van der Waals surface area contributed by atoms with E-state index < -0.39 is 0 Å². The molecular formula is C132H126N10. The molecule has 10 heteroatoms. The molecule has 142 heavy (non-hydrogen) atoms. The molecule has 14 aromatic carbocycles. The highest BCUT2D eigenvalue weighted by Crippen LogP contribution is 2.44.